The third-order valence-corrected chi connectivity index (χ3v) is 3.71. The van der Waals surface area contributed by atoms with Crippen LogP contribution in [-0.4, -0.2) is 9.67 Å². The summed E-state index contributed by atoms with van der Waals surface area (Å²) in [4.78, 5) is 12.7. The van der Waals surface area contributed by atoms with Crippen molar-refractivity contribution in [3.05, 3.63) is 58.1 Å². The first-order chi connectivity index (χ1) is 10.3. The molecule has 1 aromatic heterocycles. The summed E-state index contributed by atoms with van der Waals surface area (Å²) in [7, 11) is 0. The van der Waals surface area contributed by atoms with E-state index in [9.17, 15) is 14.3 Å². The lowest BCUT2D eigenvalue weighted by Gasteiger charge is -2.21. The van der Waals surface area contributed by atoms with Gasteiger partial charge in [0.1, 0.15) is 5.82 Å². The quantitative estimate of drug-likeness (QED) is 0.915. The van der Waals surface area contributed by atoms with E-state index in [2.05, 4.69) is 6.92 Å². The summed E-state index contributed by atoms with van der Waals surface area (Å²) in [5, 5.41) is 10.2. The normalized spacial score (nSPS) is 11.7. The molecule has 0 bridgehead atoms. The Morgan fingerprint density at radius 2 is 1.77 bits per heavy atom. The van der Waals surface area contributed by atoms with Crippen LogP contribution in [0.1, 0.15) is 39.2 Å². The highest BCUT2D eigenvalue weighted by Crippen LogP contribution is 2.22. The number of unbranched alkanes of at least 4 members (excludes halogenated alkanes) is 1. The molecule has 0 saturated carbocycles. The Kier molecular flexibility index (Phi) is 4.81. The lowest BCUT2D eigenvalue weighted by atomic mass is 9.98. The minimum Gasteiger partial charge on any atom is -0.386 e. The molecular weight excluding hydrogens is 281 g/mol. The SMILES string of the molecule is CCCCn1c(-c2ccc(F)cc2)ccc(C(C)(C)O)c1=O. The van der Waals surface area contributed by atoms with Gasteiger partial charge in [-0.05, 0) is 62.2 Å². The number of benzene rings is 1. The molecule has 22 heavy (non-hydrogen) atoms. The minimum absolute atomic E-state index is 0.192. The average molecular weight is 303 g/mol. The van der Waals surface area contributed by atoms with Crippen molar-refractivity contribution in [1.82, 2.24) is 4.57 Å². The zero-order chi connectivity index (χ0) is 16.3. The van der Waals surface area contributed by atoms with Crippen LogP contribution in [0.15, 0.2) is 41.2 Å². The number of halogens is 1. The van der Waals surface area contributed by atoms with Gasteiger partial charge < -0.3 is 9.67 Å². The maximum absolute atomic E-state index is 13.1. The summed E-state index contributed by atoms with van der Waals surface area (Å²) < 4.78 is 14.8. The molecule has 3 nitrogen and oxygen atoms in total. The molecule has 0 aliphatic carbocycles. The molecule has 0 saturated heterocycles. The summed E-state index contributed by atoms with van der Waals surface area (Å²) >= 11 is 0. The van der Waals surface area contributed by atoms with E-state index in [1.165, 1.54) is 12.1 Å². The Hall–Kier alpha value is -1.94. The van der Waals surface area contributed by atoms with E-state index in [0.717, 1.165) is 24.1 Å². The van der Waals surface area contributed by atoms with E-state index in [-0.39, 0.29) is 11.4 Å². The highest BCUT2D eigenvalue weighted by molar-refractivity contribution is 5.60. The molecular formula is C18H22FNO2. The van der Waals surface area contributed by atoms with E-state index in [4.69, 9.17) is 0 Å². The molecule has 1 aromatic carbocycles. The highest BCUT2D eigenvalue weighted by Gasteiger charge is 2.22. The molecule has 1 heterocycles. The van der Waals surface area contributed by atoms with Crippen molar-refractivity contribution in [3.8, 4) is 11.3 Å². The van der Waals surface area contributed by atoms with Gasteiger partial charge in [0.15, 0.2) is 0 Å². The zero-order valence-corrected chi connectivity index (χ0v) is 13.3. The Labute approximate surface area is 130 Å². The molecule has 118 valence electrons. The van der Waals surface area contributed by atoms with Gasteiger partial charge in [-0.2, -0.15) is 0 Å². The molecule has 0 fully saturated rings. The molecule has 0 radical (unpaired) electrons. The molecule has 2 rings (SSSR count). The van der Waals surface area contributed by atoms with E-state index in [1.54, 1.807) is 36.6 Å². The van der Waals surface area contributed by atoms with Crippen molar-refractivity contribution in [2.75, 3.05) is 0 Å². The number of hydrogen-bond acceptors (Lipinski definition) is 2. The van der Waals surface area contributed by atoms with E-state index in [0.29, 0.717) is 12.1 Å². The molecule has 0 spiro atoms. The van der Waals surface area contributed by atoms with Crippen LogP contribution in [0.4, 0.5) is 4.39 Å². The van der Waals surface area contributed by atoms with Crippen LogP contribution in [0.5, 0.6) is 0 Å². The van der Waals surface area contributed by atoms with Crippen molar-refractivity contribution in [3.63, 3.8) is 0 Å². The lowest BCUT2D eigenvalue weighted by molar-refractivity contribution is 0.0765. The number of hydrogen-bond donors (Lipinski definition) is 1. The smallest absolute Gasteiger partial charge is 0.257 e. The Bertz CT molecular complexity index is 697. The second-order valence-electron chi connectivity index (χ2n) is 6.01. The van der Waals surface area contributed by atoms with Gasteiger partial charge in [0.05, 0.1) is 11.3 Å². The molecule has 1 N–H and O–H groups in total. The molecule has 0 atom stereocenters. The highest BCUT2D eigenvalue weighted by atomic mass is 19.1. The topological polar surface area (TPSA) is 42.2 Å². The third-order valence-electron chi connectivity index (χ3n) is 3.71. The van der Waals surface area contributed by atoms with Crippen LogP contribution < -0.4 is 5.56 Å². The second-order valence-corrected chi connectivity index (χ2v) is 6.01. The molecule has 0 aliphatic rings. The van der Waals surface area contributed by atoms with Crippen LogP contribution >= 0.6 is 0 Å². The predicted octanol–water partition coefficient (Wildman–Crippen LogP) is 3.68. The Morgan fingerprint density at radius 3 is 2.32 bits per heavy atom. The minimum atomic E-state index is -1.19. The summed E-state index contributed by atoms with van der Waals surface area (Å²) in [5.74, 6) is -0.306. The van der Waals surface area contributed by atoms with Gasteiger partial charge in [-0.15, -0.1) is 0 Å². The molecule has 0 aliphatic heterocycles. The number of aromatic nitrogens is 1. The standard InChI is InChI=1S/C18H22FNO2/c1-4-5-12-20-16(13-6-8-14(19)9-7-13)11-10-15(17(20)21)18(2,3)22/h6-11,22H,4-5,12H2,1-3H3. The maximum atomic E-state index is 13.1. The number of rotatable bonds is 5. The third kappa shape index (κ3) is 3.45. The molecule has 4 heteroatoms. The van der Waals surface area contributed by atoms with Gasteiger partial charge in [-0.25, -0.2) is 4.39 Å². The van der Waals surface area contributed by atoms with Crippen molar-refractivity contribution in [1.29, 1.82) is 0 Å². The molecule has 2 aromatic rings. The van der Waals surface area contributed by atoms with Gasteiger partial charge in [0.25, 0.3) is 5.56 Å². The van der Waals surface area contributed by atoms with Crippen molar-refractivity contribution in [2.24, 2.45) is 0 Å². The summed E-state index contributed by atoms with van der Waals surface area (Å²) in [5.41, 5.74) is 0.521. The van der Waals surface area contributed by atoms with Crippen molar-refractivity contribution >= 4 is 0 Å². The summed E-state index contributed by atoms with van der Waals surface area (Å²) in [6.07, 6.45) is 1.82. The number of pyridine rings is 1. The maximum Gasteiger partial charge on any atom is 0.257 e. The zero-order valence-electron chi connectivity index (χ0n) is 13.3. The molecule has 0 amide bonds. The second kappa shape index (κ2) is 6.44. The first kappa shape index (κ1) is 16.4. The fourth-order valence-corrected chi connectivity index (χ4v) is 2.45. The lowest BCUT2D eigenvalue weighted by Crippen LogP contribution is -2.32. The number of nitrogens with zero attached hydrogens (tertiary/aromatic N) is 1. The monoisotopic (exact) mass is 303 g/mol. The van der Waals surface area contributed by atoms with E-state index >= 15 is 0 Å². The van der Waals surface area contributed by atoms with Gasteiger partial charge in [0, 0.05) is 12.1 Å². The number of aliphatic hydroxyl groups is 1. The van der Waals surface area contributed by atoms with Crippen LogP contribution in [0.25, 0.3) is 11.3 Å². The van der Waals surface area contributed by atoms with Gasteiger partial charge in [-0.3, -0.25) is 4.79 Å². The van der Waals surface area contributed by atoms with Crippen LogP contribution in [0.3, 0.4) is 0 Å². The Balaban J connectivity index is 2.61. The van der Waals surface area contributed by atoms with Gasteiger partial charge >= 0.3 is 0 Å². The van der Waals surface area contributed by atoms with Crippen LogP contribution in [0.2, 0.25) is 0 Å². The van der Waals surface area contributed by atoms with E-state index < -0.39 is 5.60 Å². The fraction of sp³-hybridized carbons (Fsp3) is 0.389. The predicted molar refractivity (Wildman–Crippen MR) is 86.2 cm³/mol. The molecule has 0 unspecified atom stereocenters. The Morgan fingerprint density at radius 1 is 1.14 bits per heavy atom. The summed E-state index contributed by atoms with van der Waals surface area (Å²) in [6.45, 7) is 5.84. The largest absolute Gasteiger partial charge is 0.386 e. The summed E-state index contributed by atoms with van der Waals surface area (Å²) in [6, 6.07) is 9.56. The van der Waals surface area contributed by atoms with Crippen molar-refractivity contribution < 1.29 is 9.50 Å². The van der Waals surface area contributed by atoms with Crippen LogP contribution in [0, 0.1) is 5.82 Å². The fourth-order valence-electron chi connectivity index (χ4n) is 2.45. The van der Waals surface area contributed by atoms with Crippen molar-refractivity contribution in [2.45, 2.75) is 45.8 Å². The first-order valence-corrected chi connectivity index (χ1v) is 7.57. The first-order valence-electron chi connectivity index (χ1n) is 7.57. The van der Waals surface area contributed by atoms with Crippen LogP contribution in [-0.2, 0) is 12.1 Å². The van der Waals surface area contributed by atoms with Gasteiger partial charge in [0.2, 0.25) is 0 Å². The van der Waals surface area contributed by atoms with Gasteiger partial charge in [-0.1, -0.05) is 13.3 Å². The average Bonchev–Trinajstić information content (AvgIpc) is 2.45. The van der Waals surface area contributed by atoms with E-state index in [1.807, 2.05) is 6.07 Å².